The number of amides is 1. The van der Waals surface area contributed by atoms with Crippen molar-refractivity contribution in [1.82, 2.24) is 15.3 Å². The van der Waals surface area contributed by atoms with E-state index >= 15 is 0 Å². The monoisotopic (exact) mass is 357 g/mol. The molecule has 2 aliphatic rings. The Kier molecular flexibility index (Phi) is 5.26. The van der Waals surface area contributed by atoms with Crippen molar-refractivity contribution in [3.8, 4) is 5.88 Å². The smallest absolute Gasteiger partial charge is 0.258 e. The van der Waals surface area contributed by atoms with E-state index < -0.39 is 0 Å². The summed E-state index contributed by atoms with van der Waals surface area (Å²) < 4.78 is 17.1. The first-order chi connectivity index (χ1) is 12.8. The van der Waals surface area contributed by atoms with Crippen molar-refractivity contribution in [1.29, 1.82) is 0 Å². The van der Waals surface area contributed by atoms with Crippen LogP contribution < -0.4 is 10.1 Å². The number of aromatic nitrogens is 2. The highest BCUT2D eigenvalue weighted by Gasteiger charge is 2.30. The number of ether oxygens (including phenoxy) is 3. The molecule has 1 aliphatic heterocycles. The van der Waals surface area contributed by atoms with Crippen molar-refractivity contribution >= 4 is 16.8 Å². The topological polar surface area (TPSA) is 82.6 Å². The van der Waals surface area contributed by atoms with E-state index in [1.165, 1.54) is 19.2 Å². The minimum Gasteiger partial charge on any atom is -0.467 e. The highest BCUT2D eigenvalue weighted by Crippen LogP contribution is 2.30. The highest BCUT2D eigenvalue weighted by atomic mass is 16.5. The van der Waals surface area contributed by atoms with Gasteiger partial charge in [0.05, 0.1) is 29.7 Å². The molecule has 1 saturated heterocycles. The van der Waals surface area contributed by atoms with Crippen LogP contribution in [0.25, 0.3) is 10.9 Å². The molecule has 1 aromatic heterocycles. The number of carbonyl (C=O) groups is 1. The van der Waals surface area contributed by atoms with Crippen LogP contribution in [-0.2, 0) is 14.3 Å². The molecule has 0 unspecified atom stereocenters. The van der Waals surface area contributed by atoms with Crippen molar-refractivity contribution < 1.29 is 19.0 Å². The van der Waals surface area contributed by atoms with Crippen molar-refractivity contribution in [2.45, 2.75) is 31.4 Å². The van der Waals surface area contributed by atoms with Gasteiger partial charge in [-0.25, -0.2) is 9.97 Å². The van der Waals surface area contributed by atoms with Crippen LogP contribution in [-0.4, -0.2) is 54.4 Å². The van der Waals surface area contributed by atoms with E-state index in [9.17, 15) is 4.79 Å². The molecule has 1 aromatic carbocycles. The van der Waals surface area contributed by atoms with Crippen LogP contribution in [0.4, 0.5) is 0 Å². The quantitative estimate of drug-likeness (QED) is 0.812. The Labute approximate surface area is 152 Å². The maximum absolute atomic E-state index is 12.3. The summed E-state index contributed by atoms with van der Waals surface area (Å²) in [6.07, 6.45) is 4.75. The molecule has 26 heavy (non-hydrogen) atoms. The summed E-state index contributed by atoms with van der Waals surface area (Å²) in [5.41, 5.74) is 0.784. The minimum absolute atomic E-state index is 0.00757. The van der Waals surface area contributed by atoms with Crippen LogP contribution in [0, 0.1) is 5.92 Å². The number of rotatable bonds is 7. The van der Waals surface area contributed by atoms with Crippen LogP contribution in [0.15, 0.2) is 30.6 Å². The second-order valence-electron chi connectivity index (χ2n) is 6.84. The first-order valence-corrected chi connectivity index (χ1v) is 9.11. The number of nitrogens with one attached hydrogen (secondary N) is 1. The van der Waals surface area contributed by atoms with Crippen molar-refractivity contribution in [3.05, 3.63) is 30.6 Å². The SMILES string of the molecule is O=C(COc1ncnc2ccccc12)N[C@@H]1COCC[C@@H]1OCC1CC1. The Balaban J connectivity index is 1.32. The highest BCUT2D eigenvalue weighted by molar-refractivity contribution is 5.84. The second-order valence-corrected chi connectivity index (χ2v) is 6.84. The summed E-state index contributed by atoms with van der Waals surface area (Å²) in [4.78, 5) is 20.6. The van der Waals surface area contributed by atoms with E-state index in [-0.39, 0.29) is 24.7 Å². The molecule has 0 radical (unpaired) electrons. The second kappa shape index (κ2) is 7.97. The third kappa shape index (κ3) is 4.28. The zero-order valence-electron chi connectivity index (χ0n) is 14.6. The number of carbonyl (C=O) groups excluding carboxylic acids is 1. The van der Waals surface area contributed by atoms with Crippen LogP contribution in [0.2, 0.25) is 0 Å². The van der Waals surface area contributed by atoms with Crippen LogP contribution in [0.1, 0.15) is 19.3 Å². The fraction of sp³-hybridized carbons (Fsp3) is 0.526. The van der Waals surface area contributed by atoms with Gasteiger partial charge in [0.25, 0.3) is 5.91 Å². The number of nitrogens with zero attached hydrogens (tertiary/aromatic N) is 2. The first kappa shape index (κ1) is 17.2. The van der Waals surface area contributed by atoms with Crippen molar-refractivity contribution in [2.24, 2.45) is 5.92 Å². The average Bonchev–Trinajstić information content (AvgIpc) is 3.50. The van der Waals surface area contributed by atoms with E-state index in [4.69, 9.17) is 14.2 Å². The van der Waals surface area contributed by atoms with Gasteiger partial charge in [0.15, 0.2) is 6.61 Å². The number of benzene rings is 1. The third-order valence-corrected chi connectivity index (χ3v) is 4.73. The van der Waals surface area contributed by atoms with Crippen LogP contribution in [0.5, 0.6) is 5.88 Å². The van der Waals surface area contributed by atoms with Gasteiger partial charge in [-0.1, -0.05) is 12.1 Å². The number of hydrogen-bond donors (Lipinski definition) is 1. The van der Waals surface area contributed by atoms with E-state index in [1.54, 1.807) is 0 Å². The predicted molar refractivity (Wildman–Crippen MR) is 94.9 cm³/mol. The molecule has 2 aromatic rings. The molecule has 7 heteroatoms. The summed E-state index contributed by atoms with van der Waals surface area (Å²) in [6, 6.07) is 7.40. The molecule has 2 fully saturated rings. The van der Waals surface area contributed by atoms with Gasteiger partial charge < -0.3 is 19.5 Å². The molecule has 2 atom stereocenters. The third-order valence-electron chi connectivity index (χ3n) is 4.73. The lowest BCUT2D eigenvalue weighted by atomic mass is 10.1. The van der Waals surface area contributed by atoms with E-state index in [0.29, 0.717) is 25.0 Å². The molecule has 1 aliphatic carbocycles. The molecule has 1 N–H and O–H groups in total. The summed E-state index contributed by atoms with van der Waals surface area (Å²) in [5.74, 6) is 0.902. The van der Waals surface area contributed by atoms with Gasteiger partial charge in [0.2, 0.25) is 5.88 Å². The maximum Gasteiger partial charge on any atom is 0.258 e. The lowest BCUT2D eigenvalue weighted by Gasteiger charge is -2.32. The van der Waals surface area contributed by atoms with Gasteiger partial charge in [-0.15, -0.1) is 0 Å². The molecular formula is C19H23N3O4. The summed E-state index contributed by atoms with van der Waals surface area (Å²) in [7, 11) is 0. The molecule has 1 amide bonds. The van der Waals surface area contributed by atoms with Gasteiger partial charge in [-0.3, -0.25) is 4.79 Å². The Morgan fingerprint density at radius 1 is 1.23 bits per heavy atom. The summed E-state index contributed by atoms with van der Waals surface area (Å²) in [5, 5.41) is 3.76. The van der Waals surface area contributed by atoms with E-state index in [0.717, 1.165) is 23.9 Å². The van der Waals surface area contributed by atoms with Gasteiger partial charge in [0.1, 0.15) is 6.33 Å². The minimum atomic E-state index is -0.205. The van der Waals surface area contributed by atoms with E-state index in [2.05, 4.69) is 15.3 Å². The molecule has 0 spiro atoms. The molecule has 0 bridgehead atoms. The molecule has 138 valence electrons. The molecular weight excluding hydrogens is 334 g/mol. The van der Waals surface area contributed by atoms with Gasteiger partial charge in [0, 0.05) is 13.2 Å². The standard InChI is InChI=1S/C19H23N3O4/c23-18(11-26-19-14-3-1-2-4-15(14)20-12-21-19)22-16-10-24-8-7-17(16)25-9-13-5-6-13/h1-4,12-13,16-17H,5-11H2,(H,22,23)/t16-,17+/m1/s1. The predicted octanol–water partition coefficient (Wildman–Crippen LogP) is 1.71. The fourth-order valence-electron chi connectivity index (χ4n) is 3.07. The van der Waals surface area contributed by atoms with Gasteiger partial charge in [-0.05, 0) is 37.3 Å². The van der Waals surface area contributed by atoms with Crippen LogP contribution >= 0.6 is 0 Å². The van der Waals surface area contributed by atoms with Crippen molar-refractivity contribution in [2.75, 3.05) is 26.4 Å². The molecule has 1 saturated carbocycles. The Morgan fingerprint density at radius 3 is 3.00 bits per heavy atom. The number of hydrogen-bond acceptors (Lipinski definition) is 6. The normalized spacial score (nSPS) is 22.9. The maximum atomic E-state index is 12.3. The first-order valence-electron chi connectivity index (χ1n) is 9.11. The van der Waals surface area contributed by atoms with Crippen molar-refractivity contribution in [3.63, 3.8) is 0 Å². The average molecular weight is 357 g/mol. The van der Waals surface area contributed by atoms with E-state index in [1.807, 2.05) is 24.3 Å². The Morgan fingerprint density at radius 2 is 2.12 bits per heavy atom. The number of fused-ring (bicyclic) bond motifs is 1. The lowest BCUT2D eigenvalue weighted by molar-refractivity contribution is -0.128. The lowest BCUT2D eigenvalue weighted by Crippen LogP contribution is -2.51. The zero-order valence-corrected chi connectivity index (χ0v) is 14.6. The Hall–Kier alpha value is -2.25. The van der Waals surface area contributed by atoms with Gasteiger partial charge in [-0.2, -0.15) is 0 Å². The van der Waals surface area contributed by atoms with Gasteiger partial charge >= 0.3 is 0 Å². The number of para-hydroxylation sites is 1. The zero-order chi connectivity index (χ0) is 17.8. The molecule has 7 nitrogen and oxygen atoms in total. The molecule has 4 rings (SSSR count). The summed E-state index contributed by atoms with van der Waals surface area (Å²) >= 11 is 0. The summed E-state index contributed by atoms with van der Waals surface area (Å²) in [6.45, 7) is 1.82. The molecule has 2 heterocycles. The fourth-order valence-corrected chi connectivity index (χ4v) is 3.07. The largest absolute Gasteiger partial charge is 0.467 e. The Bertz CT molecular complexity index is 760. The van der Waals surface area contributed by atoms with Crippen LogP contribution in [0.3, 0.4) is 0 Å².